The van der Waals surface area contributed by atoms with Gasteiger partial charge < -0.3 is 9.77 Å². The van der Waals surface area contributed by atoms with Crippen LogP contribution < -0.4 is 5.48 Å². The molecule has 3 nitrogen and oxygen atoms in total. The fourth-order valence-corrected chi connectivity index (χ4v) is 1.83. The zero-order chi connectivity index (χ0) is 10.1. The summed E-state index contributed by atoms with van der Waals surface area (Å²) in [6.45, 7) is 0.443. The Morgan fingerprint density at radius 1 is 1.50 bits per heavy atom. The van der Waals surface area contributed by atoms with E-state index >= 15 is 0 Å². The summed E-state index contributed by atoms with van der Waals surface area (Å²) in [6.07, 6.45) is 1.98. The second kappa shape index (κ2) is 3.61. The summed E-state index contributed by atoms with van der Waals surface area (Å²) in [7, 11) is 1.96. The lowest BCUT2D eigenvalue weighted by atomic mass is 10.2. The average Bonchev–Trinajstić information content (AvgIpc) is 2.44. The number of aromatic nitrogens is 1. The van der Waals surface area contributed by atoms with Crippen LogP contribution in [0.4, 0.5) is 0 Å². The quantitative estimate of drug-likeness (QED) is 0.747. The van der Waals surface area contributed by atoms with Crippen molar-refractivity contribution in [3.05, 3.63) is 35.0 Å². The largest absolute Gasteiger partial charge is 0.350 e. The molecule has 4 heteroatoms. The smallest absolute Gasteiger partial charge is 0.0495 e. The molecule has 2 rings (SSSR count). The number of rotatable bonds is 2. The molecule has 0 saturated carbocycles. The van der Waals surface area contributed by atoms with Gasteiger partial charge in [0.2, 0.25) is 0 Å². The van der Waals surface area contributed by atoms with Gasteiger partial charge in [0.25, 0.3) is 0 Å². The first kappa shape index (κ1) is 9.52. The average molecular weight is 211 g/mol. The van der Waals surface area contributed by atoms with Gasteiger partial charge >= 0.3 is 0 Å². The highest BCUT2D eigenvalue weighted by Gasteiger charge is 2.05. The van der Waals surface area contributed by atoms with Gasteiger partial charge in [0.1, 0.15) is 0 Å². The number of aryl methyl sites for hydroxylation is 1. The number of hydrogen-bond donors (Lipinski definition) is 2. The Bertz CT molecular complexity index is 464. The van der Waals surface area contributed by atoms with Crippen LogP contribution in [0.1, 0.15) is 5.56 Å². The maximum Gasteiger partial charge on any atom is 0.0495 e. The first-order valence-corrected chi connectivity index (χ1v) is 4.70. The first-order valence-electron chi connectivity index (χ1n) is 4.33. The Labute approximate surface area is 86.9 Å². The fourth-order valence-electron chi connectivity index (χ4n) is 1.67. The summed E-state index contributed by atoms with van der Waals surface area (Å²) in [6, 6.07) is 5.73. The van der Waals surface area contributed by atoms with E-state index in [4.69, 9.17) is 16.8 Å². The van der Waals surface area contributed by atoms with Crippen molar-refractivity contribution in [3.8, 4) is 0 Å². The van der Waals surface area contributed by atoms with Crippen LogP contribution in [0, 0.1) is 0 Å². The van der Waals surface area contributed by atoms with Crippen LogP contribution in [0.5, 0.6) is 0 Å². The highest BCUT2D eigenvalue weighted by molar-refractivity contribution is 6.31. The molecule has 0 fully saturated rings. The summed E-state index contributed by atoms with van der Waals surface area (Å²) in [5, 5.41) is 10.5. The van der Waals surface area contributed by atoms with Crippen LogP contribution in [0.15, 0.2) is 24.4 Å². The molecular weight excluding hydrogens is 200 g/mol. The number of nitrogens with one attached hydrogen (secondary N) is 1. The van der Waals surface area contributed by atoms with Crippen LogP contribution in [0.2, 0.25) is 5.02 Å². The molecule has 2 N–H and O–H groups in total. The number of hydrogen-bond acceptors (Lipinski definition) is 2. The van der Waals surface area contributed by atoms with Crippen molar-refractivity contribution in [1.29, 1.82) is 0 Å². The highest BCUT2D eigenvalue weighted by atomic mass is 35.5. The molecule has 0 atom stereocenters. The zero-order valence-electron chi connectivity index (χ0n) is 7.79. The predicted molar refractivity (Wildman–Crippen MR) is 56.6 cm³/mol. The van der Waals surface area contributed by atoms with Crippen LogP contribution in [-0.4, -0.2) is 9.77 Å². The minimum absolute atomic E-state index is 0.443. The molecule has 0 unspecified atom stereocenters. The zero-order valence-corrected chi connectivity index (χ0v) is 8.54. The molecule has 1 aromatic carbocycles. The van der Waals surface area contributed by atoms with Gasteiger partial charge in [0.15, 0.2) is 0 Å². The number of fused-ring (bicyclic) bond motifs is 1. The molecule has 2 aromatic rings. The normalized spacial score (nSPS) is 11.1. The van der Waals surface area contributed by atoms with Crippen LogP contribution in [0.3, 0.4) is 0 Å². The van der Waals surface area contributed by atoms with Crippen LogP contribution >= 0.6 is 11.6 Å². The van der Waals surface area contributed by atoms with Crippen molar-refractivity contribution in [2.75, 3.05) is 0 Å². The molecule has 0 saturated heterocycles. The molecule has 0 radical (unpaired) electrons. The van der Waals surface area contributed by atoms with Crippen molar-refractivity contribution >= 4 is 22.5 Å². The van der Waals surface area contributed by atoms with E-state index < -0.39 is 0 Å². The van der Waals surface area contributed by atoms with E-state index in [2.05, 4.69) is 5.48 Å². The summed E-state index contributed by atoms with van der Waals surface area (Å²) in [5.74, 6) is 0. The van der Waals surface area contributed by atoms with E-state index in [1.165, 1.54) is 0 Å². The highest BCUT2D eigenvalue weighted by Crippen LogP contribution is 2.23. The molecule has 0 spiro atoms. The molecule has 0 amide bonds. The Morgan fingerprint density at radius 2 is 2.29 bits per heavy atom. The van der Waals surface area contributed by atoms with Gasteiger partial charge in [0.05, 0.1) is 0 Å². The molecular formula is C10H11ClN2O. The van der Waals surface area contributed by atoms with Gasteiger partial charge in [-0.25, -0.2) is 5.48 Å². The van der Waals surface area contributed by atoms with E-state index in [0.29, 0.717) is 6.54 Å². The predicted octanol–water partition coefficient (Wildman–Crippen LogP) is 2.31. The molecule has 14 heavy (non-hydrogen) atoms. The van der Waals surface area contributed by atoms with Gasteiger partial charge in [0, 0.05) is 35.7 Å². The topological polar surface area (TPSA) is 37.2 Å². The van der Waals surface area contributed by atoms with E-state index in [-0.39, 0.29) is 0 Å². The molecule has 74 valence electrons. The van der Waals surface area contributed by atoms with Crippen LogP contribution in [-0.2, 0) is 13.6 Å². The van der Waals surface area contributed by atoms with Crippen molar-refractivity contribution in [2.24, 2.45) is 7.05 Å². The van der Waals surface area contributed by atoms with Crippen molar-refractivity contribution in [2.45, 2.75) is 6.54 Å². The second-order valence-corrected chi connectivity index (χ2v) is 3.70. The third-order valence-corrected chi connectivity index (χ3v) is 2.54. The molecule has 1 aromatic heterocycles. The lowest BCUT2D eigenvalue weighted by Crippen LogP contribution is -2.05. The SMILES string of the molecule is Cn1cc(CNO)c2ccc(Cl)cc21. The van der Waals surface area contributed by atoms with Gasteiger partial charge in [-0.2, -0.15) is 0 Å². The Kier molecular flexibility index (Phi) is 2.46. The van der Waals surface area contributed by atoms with Crippen LogP contribution in [0.25, 0.3) is 10.9 Å². The number of hydroxylamine groups is 1. The minimum atomic E-state index is 0.443. The van der Waals surface area contributed by atoms with E-state index in [9.17, 15) is 0 Å². The monoisotopic (exact) mass is 210 g/mol. The first-order chi connectivity index (χ1) is 6.72. The second-order valence-electron chi connectivity index (χ2n) is 3.26. The van der Waals surface area contributed by atoms with Gasteiger partial charge in [-0.1, -0.05) is 17.7 Å². The van der Waals surface area contributed by atoms with Crippen molar-refractivity contribution in [1.82, 2.24) is 10.0 Å². The van der Waals surface area contributed by atoms with Gasteiger partial charge in [-0.15, -0.1) is 0 Å². The maximum absolute atomic E-state index is 8.66. The van der Waals surface area contributed by atoms with E-state index in [1.807, 2.05) is 36.0 Å². The molecule has 1 heterocycles. The fraction of sp³-hybridized carbons (Fsp3) is 0.200. The Balaban J connectivity index is 2.65. The summed E-state index contributed by atoms with van der Waals surface area (Å²) in [5.41, 5.74) is 4.29. The molecule has 0 bridgehead atoms. The van der Waals surface area contributed by atoms with Gasteiger partial charge in [-0.05, 0) is 17.7 Å². The number of halogens is 1. The number of nitrogens with zero attached hydrogens (tertiary/aromatic N) is 1. The summed E-state index contributed by atoms with van der Waals surface area (Å²) >= 11 is 5.90. The van der Waals surface area contributed by atoms with Gasteiger partial charge in [-0.3, -0.25) is 0 Å². The Morgan fingerprint density at radius 3 is 3.00 bits per heavy atom. The Hall–Kier alpha value is -1.03. The van der Waals surface area contributed by atoms with Crippen molar-refractivity contribution < 1.29 is 5.21 Å². The van der Waals surface area contributed by atoms with E-state index in [0.717, 1.165) is 21.5 Å². The lowest BCUT2D eigenvalue weighted by Gasteiger charge is -1.97. The molecule has 0 aliphatic heterocycles. The minimum Gasteiger partial charge on any atom is -0.350 e. The maximum atomic E-state index is 8.66. The van der Waals surface area contributed by atoms with E-state index in [1.54, 1.807) is 0 Å². The molecule has 0 aliphatic carbocycles. The standard InChI is InChI=1S/C10H11ClN2O/c1-13-6-7(5-12-14)9-3-2-8(11)4-10(9)13/h2-4,6,12,14H,5H2,1H3. The third-order valence-electron chi connectivity index (χ3n) is 2.30. The molecule has 0 aliphatic rings. The summed E-state index contributed by atoms with van der Waals surface area (Å²) < 4.78 is 1.99. The lowest BCUT2D eigenvalue weighted by molar-refractivity contribution is 0.161. The third kappa shape index (κ3) is 1.50. The van der Waals surface area contributed by atoms with Crippen molar-refractivity contribution in [3.63, 3.8) is 0 Å². The number of benzene rings is 1. The summed E-state index contributed by atoms with van der Waals surface area (Å²) in [4.78, 5) is 0.